The highest BCUT2D eigenvalue weighted by Gasteiger charge is 2.58. The van der Waals surface area contributed by atoms with Gasteiger partial charge < -0.3 is 0 Å². The topological polar surface area (TPSA) is 36.8 Å². The van der Waals surface area contributed by atoms with Crippen LogP contribution in [0.5, 0.6) is 0 Å². The van der Waals surface area contributed by atoms with Crippen molar-refractivity contribution in [3.63, 3.8) is 0 Å². The molecule has 0 bridgehead atoms. The highest BCUT2D eigenvalue weighted by molar-refractivity contribution is 5.77. The van der Waals surface area contributed by atoms with Crippen molar-refractivity contribution < 1.29 is 0 Å². The summed E-state index contributed by atoms with van der Waals surface area (Å²) in [4.78, 5) is 0. The van der Waals surface area contributed by atoms with Crippen LogP contribution >= 0.6 is 0 Å². The summed E-state index contributed by atoms with van der Waals surface area (Å²) in [6.45, 7) is 6.94. The summed E-state index contributed by atoms with van der Waals surface area (Å²) in [5.41, 5.74) is 14.4. The quantitative estimate of drug-likeness (QED) is 0.179. The molecule has 1 heterocycles. The number of nitrogens with one attached hydrogen (secondary N) is 1. The molecule has 45 heavy (non-hydrogen) atoms. The lowest BCUT2D eigenvalue weighted by atomic mass is 9.57. The average Bonchev–Trinajstić information content (AvgIpc) is 3.47. The number of benzene rings is 5. The van der Waals surface area contributed by atoms with Crippen LogP contribution in [-0.2, 0) is 23.9 Å². The van der Waals surface area contributed by atoms with Gasteiger partial charge in [-0.3, -0.25) is 5.43 Å². The van der Waals surface area contributed by atoms with Gasteiger partial charge in [0.1, 0.15) is 11.1 Å². The van der Waals surface area contributed by atoms with Crippen LogP contribution in [0.25, 0.3) is 11.1 Å². The largest absolute Gasteiger partial charge is 0.276 e. The summed E-state index contributed by atoms with van der Waals surface area (Å²) in [6.07, 6.45) is 5.00. The zero-order valence-corrected chi connectivity index (χ0v) is 26.7. The Labute approximate surface area is 268 Å². The second-order valence-electron chi connectivity index (χ2n) is 13.1. The minimum absolute atomic E-state index is 0.0756. The SMILES string of the molecule is CCCc1ccccc1C1(c2ccccc2)NN=NC(CC(C)CC)(c2ccccc2)C1c1ccc2c(c1)Cc1ccccc1-2. The van der Waals surface area contributed by atoms with Crippen LogP contribution in [0.4, 0.5) is 0 Å². The van der Waals surface area contributed by atoms with Crippen molar-refractivity contribution in [3.8, 4) is 11.1 Å². The second kappa shape index (κ2) is 12.1. The van der Waals surface area contributed by atoms with E-state index in [4.69, 9.17) is 10.3 Å². The van der Waals surface area contributed by atoms with E-state index in [2.05, 4.69) is 154 Å². The van der Waals surface area contributed by atoms with Crippen LogP contribution < -0.4 is 5.43 Å². The Morgan fingerprint density at radius 3 is 2.16 bits per heavy atom. The van der Waals surface area contributed by atoms with E-state index in [0.29, 0.717) is 5.92 Å². The minimum Gasteiger partial charge on any atom is -0.276 e. The number of aryl methyl sites for hydroxylation is 1. The molecule has 0 amide bonds. The first-order valence-corrected chi connectivity index (χ1v) is 16.7. The molecule has 5 aromatic rings. The highest BCUT2D eigenvalue weighted by atomic mass is 15.5. The lowest BCUT2D eigenvalue weighted by Crippen LogP contribution is -2.56. The van der Waals surface area contributed by atoms with Gasteiger partial charge in [-0.2, -0.15) is 5.11 Å². The molecule has 4 unspecified atom stereocenters. The second-order valence-corrected chi connectivity index (χ2v) is 13.1. The lowest BCUT2D eigenvalue weighted by Gasteiger charge is -2.53. The molecule has 3 heteroatoms. The Kier molecular flexibility index (Phi) is 7.87. The van der Waals surface area contributed by atoms with Crippen LogP contribution in [0.2, 0.25) is 0 Å². The van der Waals surface area contributed by atoms with E-state index in [0.717, 1.165) is 32.1 Å². The lowest BCUT2D eigenvalue weighted by molar-refractivity contribution is 0.137. The Balaban J connectivity index is 1.57. The molecule has 1 aliphatic carbocycles. The number of hydrogen-bond acceptors (Lipinski definition) is 3. The molecule has 0 saturated carbocycles. The Morgan fingerprint density at radius 2 is 1.40 bits per heavy atom. The molecular formula is C42H43N3. The fourth-order valence-electron chi connectivity index (χ4n) is 8.14. The van der Waals surface area contributed by atoms with Gasteiger partial charge in [-0.15, -0.1) is 0 Å². The molecule has 2 aliphatic rings. The van der Waals surface area contributed by atoms with E-state index < -0.39 is 11.1 Å². The first-order chi connectivity index (χ1) is 22.1. The molecule has 1 aliphatic heterocycles. The summed E-state index contributed by atoms with van der Waals surface area (Å²) in [7, 11) is 0. The zero-order chi connectivity index (χ0) is 30.9. The maximum Gasteiger partial charge on any atom is 0.119 e. The predicted molar refractivity (Wildman–Crippen MR) is 185 cm³/mol. The van der Waals surface area contributed by atoms with Crippen molar-refractivity contribution in [1.29, 1.82) is 0 Å². The fourth-order valence-corrected chi connectivity index (χ4v) is 8.14. The van der Waals surface area contributed by atoms with Crippen LogP contribution in [-0.4, -0.2) is 0 Å². The molecule has 0 saturated heterocycles. The third-order valence-corrected chi connectivity index (χ3v) is 10.3. The molecule has 5 aromatic carbocycles. The number of nitrogens with zero attached hydrogens (tertiary/aromatic N) is 2. The van der Waals surface area contributed by atoms with Gasteiger partial charge in [0.25, 0.3) is 0 Å². The maximum atomic E-state index is 5.35. The van der Waals surface area contributed by atoms with Crippen molar-refractivity contribution in [2.24, 2.45) is 16.3 Å². The van der Waals surface area contributed by atoms with Crippen molar-refractivity contribution in [2.75, 3.05) is 0 Å². The standard InChI is InChI=1S/C42H43N3/c1-4-16-31-17-13-15-24-39(31)42(36-21-10-7-11-22-36)40(33-25-26-38-34(28-33)27-32-18-12-14-23-37(32)38)41(43-45-44-42,29-30(3)5-2)35-19-8-6-9-20-35/h6-15,17-26,28,30,40H,4-5,16,27,29H2,1-3H3,(H,43,44). The van der Waals surface area contributed by atoms with E-state index in [1.165, 1.54) is 50.1 Å². The average molecular weight is 590 g/mol. The summed E-state index contributed by atoms with van der Waals surface area (Å²) < 4.78 is 0. The number of rotatable bonds is 9. The Morgan fingerprint density at radius 1 is 0.733 bits per heavy atom. The van der Waals surface area contributed by atoms with Gasteiger partial charge in [-0.1, -0.05) is 166 Å². The zero-order valence-electron chi connectivity index (χ0n) is 26.7. The van der Waals surface area contributed by atoms with E-state index in [-0.39, 0.29) is 5.92 Å². The maximum absolute atomic E-state index is 5.35. The predicted octanol–water partition coefficient (Wildman–Crippen LogP) is 10.5. The molecule has 4 atom stereocenters. The van der Waals surface area contributed by atoms with Crippen molar-refractivity contribution in [2.45, 2.75) is 69.9 Å². The van der Waals surface area contributed by atoms with E-state index in [1.54, 1.807) is 0 Å². The van der Waals surface area contributed by atoms with Gasteiger partial charge >= 0.3 is 0 Å². The number of fused-ring (bicyclic) bond motifs is 3. The van der Waals surface area contributed by atoms with Gasteiger partial charge in [-0.25, -0.2) is 0 Å². The van der Waals surface area contributed by atoms with Gasteiger partial charge in [0.15, 0.2) is 0 Å². The van der Waals surface area contributed by atoms with Crippen molar-refractivity contribution in [3.05, 3.63) is 166 Å². The van der Waals surface area contributed by atoms with Gasteiger partial charge in [-0.05, 0) is 75.3 Å². The van der Waals surface area contributed by atoms with E-state index >= 15 is 0 Å². The summed E-state index contributed by atoms with van der Waals surface area (Å²) in [5.74, 6) is 0.371. The molecule has 0 aromatic heterocycles. The molecule has 0 spiro atoms. The first-order valence-electron chi connectivity index (χ1n) is 16.7. The van der Waals surface area contributed by atoms with Crippen molar-refractivity contribution >= 4 is 0 Å². The molecule has 3 nitrogen and oxygen atoms in total. The Bertz CT molecular complexity index is 1810. The summed E-state index contributed by atoms with van der Waals surface area (Å²) in [5, 5.41) is 10.3. The fraction of sp³-hybridized carbons (Fsp3) is 0.286. The summed E-state index contributed by atoms with van der Waals surface area (Å²) in [6, 6.07) is 47.2. The van der Waals surface area contributed by atoms with Crippen LogP contribution in [0, 0.1) is 5.92 Å². The third kappa shape index (κ3) is 4.90. The minimum atomic E-state index is -0.655. The van der Waals surface area contributed by atoms with E-state index in [1.807, 2.05) is 0 Å². The van der Waals surface area contributed by atoms with Gasteiger partial charge in [0.05, 0.1) is 0 Å². The molecule has 1 N–H and O–H groups in total. The molecule has 7 rings (SSSR count). The molecule has 226 valence electrons. The smallest absolute Gasteiger partial charge is 0.119 e. The van der Waals surface area contributed by atoms with E-state index in [9.17, 15) is 0 Å². The third-order valence-electron chi connectivity index (χ3n) is 10.3. The first kappa shape index (κ1) is 29.2. The van der Waals surface area contributed by atoms with Gasteiger partial charge in [0.2, 0.25) is 0 Å². The van der Waals surface area contributed by atoms with Crippen LogP contribution in [0.3, 0.4) is 0 Å². The van der Waals surface area contributed by atoms with Gasteiger partial charge in [0, 0.05) is 5.92 Å². The molecule has 0 fully saturated rings. The van der Waals surface area contributed by atoms with Crippen LogP contribution in [0.1, 0.15) is 84.9 Å². The molecular weight excluding hydrogens is 546 g/mol. The van der Waals surface area contributed by atoms with Crippen molar-refractivity contribution in [1.82, 2.24) is 5.43 Å². The summed E-state index contributed by atoms with van der Waals surface area (Å²) >= 11 is 0. The highest BCUT2D eigenvalue weighted by Crippen LogP contribution is 2.59. The number of hydrogen-bond donors (Lipinski definition) is 1. The Hall–Kier alpha value is -4.50. The monoisotopic (exact) mass is 589 g/mol. The molecule has 0 radical (unpaired) electrons. The normalized spacial score (nSPS) is 22.3. The van der Waals surface area contributed by atoms with Crippen LogP contribution in [0.15, 0.2) is 138 Å².